The van der Waals surface area contributed by atoms with E-state index >= 15 is 0 Å². The number of hydrogen-bond donors (Lipinski definition) is 2. The number of carbonyl (C=O) groups excluding carboxylic acids is 1. The van der Waals surface area contributed by atoms with Crippen LogP contribution < -0.4 is 11.1 Å². The van der Waals surface area contributed by atoms with Gasteiger partial charge in [0.15, 0.2) is 0 Å². The lowest BCUT2D eigenvalue weighted by Gasteiger charge is -2.29. The van der Waals surface area contributed by atoms with Crippen LogP contribution in [0.4, 0.5) is 5.69 Å². The van der Waals surface area contributed by atoms with Crippen molar-refractivity contribution in [3.05, 3.63) is 30.3 Å². The third kappa shape index (κ3) is 4.47. The van der Waals surface area contributed by atoms with E-state index in [2.05, 4.69) is 10.2 Å². The molecule has 18 heavy (non-hydrogen) atoms. The van der Waals surface area contributed by atoms with E-state index in [1.165, 1.54) is 0 Å². The molecule has 0 aromatic heterocycles. The first-order valence-electron chi connectivity index (χ1n) is 6.21. The highest BCUT2D eigenvalue weighted by Crippen LogP contribution is 2.19. The SMILES string of the molecule is CN(CCN)CC(C)(C)C(=O)Nc1ccccc1. The van der Waals surface area contributed by atoms with Crippen LogP contribution >= 0.6 is 0 Å². The first-order chi connectivity index (χ1) is 8.45. The van der Waals surface area contributed by atoms with Crippen LogP contribution in [0.15, 0.2) is 30.3 Å². The molecule has 0 aliphatic rings. The zero-order valence-corrected chi connectivity index (χ0v) is 11.4. The number of amides is 1. The maximum atomic E-state index is 12.2. The number of likely N-dealkylation sites (N-methyl/N-ethyl adjacent to an activating group) is 1. The quantitative estimate of drug-likeness (QED) is 0.804. The molecule has 1 rings (SSSR count). The van der Waals surface area contributed by atoms with Crippen LogP contribution in [0.1, 0.15) is 13.8 Å². The molecule has 0 saturated carbocycles. The molecule has 0 heterocycles. The number of rotatable bonds is 6. The van der Waals surface area contributed by atoms with Crippen molar-refractivity contribution in [1.29, 1.82) is 0 Å². The van der Waals surface area contributed by atoms with Gasteiger partial charge in [-0.25, -0.2) is 0 Å². The number of benzene rings is 1. The van der Waals surface area contributed by atoms with Crippen LogP contribution in [0.2, 0.25) is 0 Å². The fourth-order valence-electron chi connectivity index (χ4n) is 1.87. The largest absolute Gasteiger partial charge is 0.329 e. The number of para-hydroxylation sites is 1. The van der Waals surface area contributed by atoms with E-state index in [4.69, 9.17) is 5.73 Å². The Balaban J connectivity index is 2.59. The summed E-state index contributed by atoms with van der Waals surface area (Å²) in [6, 6.07) is 9.51. The molecule has 1 aromatic carbocycles. The predicted octanol–water partition coefficient (Wildman–Crippen LogP) is 1.54. The normalized spacial score (nSPS) is 11.6. The van der Waals surface area contributed by atoms with E-state index in [0.29, 0.717) is 13.1 Å². The van der Waals surface area contributed by atoms with E-state index in [1.54, 1.807) is 0 Å². The minimum absolute atomic E-state index is 0.0255. The van der Waals surface area contributed by atoms with Gasteiger partial charge in [-0.2, -0.15) is 0 Å². The van der Waals surface area contributed by atoms with E-state index in [1.807, 2.05) is 51.2 Å². The van der Waals surface area contributed by atoms with Gasteiger partial charge < -0.3 is 16.0 Å². The van der Waals surface area contributed by atoms with Crippen molar-refractivity contribution in [3.8, 4) is 0 Å². The maximum absolute atomic E-state index is 12.2. The molecule has 0 bridgehead atoms. The summed E-state index contributed by atoms with van der Waals surface area (Å²) in [5.41, 5.74) is 5.89. The first-order valence-corrected chi connectivity index (χ1v) is 6.21. The van der Waals surface area contributed by atoms with Crippen LogP contribution in [0, 0.1) is 5.41 Å². The molecule has 3 N–H and O–H groups in total. The molecule has 0 saturated heterocycles. The Kier molecular flexibility index (Phi) is 5.31. The van der Waals surface area contributed by atoms with Crippen LogP contribution in [0.5, 0.6) is 0 Å². The standard InChI is InChI=1S/C14H23N3O/c1-14(2,11-17(3)10-9-15)13(18)16-12-7-5-4-6-8-12/h4-8H,9-11,15H2,1-3H3,(H,16,18). The van der Waals surface area contributed by atoms with Crippen molar-refractivity contribution in [2.75, 3.05) is 32.0 Å². The highest BCUT2D eigenvalue weighted by molar-refractivity contribution is 5.94. The van der Waals surface area contributed by atoms with Gasteiger partial charge in [0.2, 0.25) is 5.91 Å². The van der Waals surface area contributed by atoms with Crippen molar-refractivity contribution in [2.24, 2.45) is 11.1 Å². The summed E-state index contributed by atoms with van der Waals surface area (Å²) in [6.45, 7) is 5.97. The van der Waals surface area contributed by atoms with Crippen LogP contribution in [-0.2, 0) is 4.79 Å². The molecule has 4 nitrogen and oxygen atoms in total. The highest BCUT2D eigenvalue weighted by Gasteiger charge is 2.28. The summed E-state index contributed by atoms with van der Waals surface area (Å²) in [5, 5.41) is 2.93. The molecule has 0 aliphatic carbocycles. The molecule has 0 fully saturated rings. The number of nitrogens with one attached hydrogen (secondary N) is 1. The number of nitrogens with two attached hydrogens (primary N) is 1. The Morgan fingerprint density at radius 3 is 2.50 bits per heavy atom. The summed E-state index contributed by atoms with van der Waals surface area (Å²) in [7, 11) is 1.98. The minimum Gasteiger partial charge on any atom is -0.329 e. The summed E-state index contributed by atoms with van der Waals surface area (Å²) in [4.78, 5) is 14.3. The fourth-order valence-corrected chi connectivity index (χ4v) is 1.87. The summed E-state index contributed by atoms with van der Waals surface area (Å²) in [6.07, 6.45) is 0. The smallest absolute Gasteiger partial charge is 0.231 e. The monoisotopic (exact) mass is 249 g/mol. The van der Waals surface area contributed by atoms with Crippen molar-refractivity contribution in [1.82, 2.24) is 4.90 Å². The van der Waals surface area contributed by atoms with Gasteiger partial charge in [-0.05, 0) is 33.0 Å². The third-order valence-electron chi connectivity index (χ3n) is 2.82. The fraction of sp³-hybridized carbons (Fsp3) is 0.500. The summed E-state index contributed by atoms with van der Waals surface area (Å²) < 4.78 is 0. The van der Waals surface area contributed by atoms with Gasteiger partial charge in [-0.3, -0.25) is 4.79 Å². The van der Waals surface area contributed by atoms with E-state index in [9.17, 15) is 4.79 Å². The maximum Gasteiger partial charge on any atom is 0.231 e. The molecule has 0 spiro atoms. The van der Waals surface area contributed by atoms with Gasteiger partial charge in [-0.15, -0.1) is 0 Å². The second-order valence-electron chi connectivity index (χ2n) is 5.23. The van der Waals surface area contributed by atoms with Crippen molar-refractivity contribution >= 4 is 11.6 Å². The number of hydrogen-bond acceptors (Lipinski definition) is 3. The Labute approximate surface area is 109 Å². The van der Waals surface area contributed by atoms with E-state index in [0.717, 1.165) is 12.2 Å². The van der Waals surface area contributed by atoms with Crippen LogP contribution in [0.25, 0.3) is 0 Å². The van der Waals surface area contributed by atoms with Crippen molar-refractivity contribution in [2.45, 2.75) is 13.8 Å². The predicted molar refractivity (Wildman–Crippen MR) is 75.4 cm³/mol. The van der Waals surface area contributed by atoms with Gasteiger partial charge in [-0.1, -0.05) is 18.2 Å². The average molecular weight is 249 g/mol. The van der Waals surface area contributed by atoms with Gasteiger partial charge in [0.25, 0.3) is 0 Å². The molecule has 1 aromatic rings. The molecule has 1 amide bonds. The molecule has 0 radical (unpaired) electrons. The van der Waals surface area contributed by atoms with Gasteiger partial charge in [0.1, 0.15) is 0 Å². The number of anilines is 1. The third-order valence-corrected chi connectivity index (χ3v) is 2.82. The van der Waals surface area contributed by atoms with Crippen molar-refractivity contribution < 1.29 is 4.79 Å². The summed E-state index contributed by atoms with van der Waals surface area (Å²) in [5.74, 6) is 0.0255. The lowest BCUT2D eigenvalue weighted by Crippen LogP contribution is -2.42. The molecule has 0 unspecified atom stereocenters. The second-order valence-corrected chi connectivity index (χ2v) is 5.23. The van der Waals surface area contributed by atoms with Crippen molar-refractivity contribution in [3.63, 3.8) is 0 Å². The zero-order chi connectivity index (χ0) is 13.6. The van der Waals surface area contributed by atoms with Crippen LogP contribution in [-0.4, -0.2) is 37.5 Å². The van der Waals surface area contributed by atoms with Gasteiger partial charge in [0, 0.05) is 25.3 Å². The molecular formula is C14H23N3O. The molecule has 0 aliphatic heterocycles. The Morgan fingerprint density at radius 2 is 1.94 bits per heavy atom. The molecule has 4 heteroatoms. The zero-order valence-electron chi connectivity index (χ0n) is 11.4. The molecule has 100 valence electrons. The number of carbonyl (C=O) groups is 1. The first kappa shape index (κ1) is 14.7. The topological polar surface area (TPSA) is 58.4 Å². The lowest BCUT2D eigenvalue weighted by molar-refractivity contribution is -0.124. The van der Waals surface area contributed by atoms with E-state index < -0.39 is 5.41 Å². The lowest BCUT2D eigenvalue weighted by atomic mass is 9.91. The average Bonchev–Trinajstić information content (AvgIpc) is 2.29. The Bertz CT molecular complexity index is 376. The Hall–Kier alpha value is -1.39. The number of nitrogens with zero attached hydrogens (tertiary/aromatic N) is 1. The molecular weight excluding hydrogens is 226 g/mol. The highest BCUT2D eigenvalue weighted by atomic mass is 16.2. The van der Waals surface area contributed by atoms with Crippen LogP contribution in [0.3, 0.4) is 0 Å². The van der Waals surface area contributed by atoms with Gasteiger partial charge >= 0.3 is 0 Å². The van der Waals surface area contributed by atoms with Gasteiger partial charge in [0.05, 0.1) is 5.41 Å². The second kappa shape index (κ2) is 6.52. The van der Waals surface area contributed by atoms with E-state index in [-0.39, 0.29) is 5.91 Å². The Morgan fingerprint density at radius 1 is 1.33 bits per heavy atom. The molecule has 0 atom stereocenters. The summed E-state index contributed by atoms with van der Waals surface area (Å²) >= 11 is 0. The minimum atomic E-state index is -0.445.